The van der Waals surface area contributed by atoms with Gasteiger partial charge in [-0.05, 0) is 38.9 Å². The number of hydrogen-bond acceptors (Lipinski definition) is 5. The van der Waals surface area contributed by atoms with E-state index in [0.29, 0.717) is 0 Å². The van der Waals surface area contributed by atoms with Crippen LogP contribution in [0.2, 0.25) is 0 Å². The van der Waals surface area contributed by atoms with E-state index in [0.717, 1.165) is 22.9 Å². The molecular formula is C15H21N3OS. The van der Waals surface area contributed by atoms with Gasteiger partial charge in [-0.2, -0.15) is 0 Å². The van der Waals surface area contributed by atoms with Crippen LogP contribution in [-0.2, 0) is 0 Å². The maximum absolute atomic E-state index is 5.72. The Balaban J connectivity index is 2.29. The molecule has 2 aromatic rings. The van der Waals surface area contributed by atoms with E-state index in [1.807, 2.05) is 33.2 Å². The van der Waals surface area contributed by atoms with Crippen LogP contribution in [-0.4, -0.2) is 22.6 Å². The summed E-state index contributed by atoms with van der Waals surface area (Å²) in [6, 6.07) is 2.17. The standard InChI is InChI=1S/C15H21N3OS/c1-5-17-15(14-9-18-11(4)20-14)12-6-13(8-16-7-12)19-10(2)3/h6-10,15,17H,5H2,1-4H3. The SMILES string of the molecule is CCNC(c1cncc(OC(C)C)c1)c1cnc(C)s1. The van der Waals surface area contributed by atoms with Crippen molar-refractivity contribution in [3.8, 4) is 5.75 Å². The molecule has 0 fully saturated rings. The second-order valence-electron chi connectivity index (χ2n) is 4.89. The minimum atomic E-state index is 0.120. The Morgan fingerprint density at radius 3 is 2.70 bits per heavy atom. The zero-order valence-corrected chi connectivity index (χ0v) is 13.2. The van der Waals surface area contributed by atoms with Crippen LogP contribution in [0.4, 0.5) is 0 Å². The first kappa shape index (κ1) is 14.9. The molecule has 0 bridgehead atoms. The van der Waals surface area contributed by atoms with E-state index >= 15 is 0 Å². The molecule has 1 unspecified atom stereocenters. The van der Waals surface area contributed by atoms with Gasteiger partial charge in [0, 0.05) is 17.3 Å². The van der Waals surface area contributed by atoms with Gasteiger partial charge in [-0.1, -0.05) is 6.92 Å². The fourth-order valence-corrected chi connectivity index (χ4v) is 2.92. The predicted octanol–water partition coefficient (Wildman–Crippen LogP) is 3.33. The van der Waals surface area contributed by atoms with Crippen molar-refractivity contribution < 1.29 is 4.74 Å². The molecule has 0 spiro atoms. The highest BCUT2D eigenvalue weighted by molar-refractivity contribution is 7.11. The number of rotatable bonds is 6. The molecule has 1 atom stereocenters. The molecule has 2 heterocycles. The highest BCUT2D eigenvalue weighted by atomic mass is 32.1. The van der Waals surface area contributed by atoms with E-state index in [9.17, 15) is 0 Å². The monoisotopic (exact) mass is 291 g/mol. The fourth-order valence-electron chi connectivity index (χ4n) is 2.03. The third-order valence-electron chi connectivity index (χ3n) is 2.77. The number of pyridine rings is 1. The van der Waals surface area contributed by atoms with Crippen LogP contribution >= 0.6 is 11.3 Å². The van der Waals surface area contributed by atoms with E-state index < -0.39 is 0 Å². The van der Waals surface area contributed by atoms with Gasteiger partial charge in [-0.3, -0.25) is 4.98 Å². The fraction of sp³-hybridized carbons (Fsp3) is 0.467. The molecule has 0 aromatic carbocycles. The number of nitrogens with one attached hydrogen (secondary N) is 1. The summed E-state index contributed by atoms with van der Waals surface area (Å²) in [7, 11) is 0. The third kappa shape index (κ3) is 3.77. The molecule has 20 heavy (non-hydrogen) atoms. The van der Waals surface area contributed by atoms with Gasteiger partial charge in [0.15, 0.2) is 0 Å². The van der Waals surface area contributed by atoms with Gasteiger partial charge in [-0.15, -0.1) is 11.3 Å². The molecule has 0 aliphatic heterocycles. The summed E-state index contributed by atoms with van der Waals surface area (Å²) in [5.74, 6) is 0.807. The summed E-state index contributed by atoms with van der Waals surface area (Å²) in [6.07, 6.45) is 5.72. The van der Waals surface area contributed by atoms with Gasteiger partial charge in [0.05, 0.1) is 23.4 Å². The second kappa shape index (κ2) is 6.81. The first-order valence-electron chi connectivity index (χ1n) is 6.87. The Morgan fingerprint density at radius 2 is 2.10 bits per heavy atom. The van der Waals surface area contributed by atoms with Crippen molar-refractivity contribution in [3.63, 3.8) is 0 Å². The quantitative estimate of drug-likeness (QED) is 0.887. The molecule has 2 rings (SSSR count). The molecule has 4 nitrogen and oxygen atoms in total. The summed E-state index contributed by atoms with van der Waals surface area (Å²) in [6.45, 7) is 9.04. The van der Waals surface area contributed by atoms with Gasteiger partial charge in [0.1, 0.15) is 5.75 Å². The van der Waals surface area contributed by atoms with Crippen molar-refractivity contribution >= 4 is 11.3 Å². The van der Waals surface area contributed by atoms with Gasteiger partial charge >= 0.3 is 0 Å². The van der Waals surface area contributed by atoms with E-state index in [2.05, 4.69) is 28.3 Å². The molecule has 0 radical (unpaired) electrons. The number of ether oxygens (including phenoxy) is 1. The van der Waals surface area contributed by atoms with Crippen molar-refractivity contribution in [1.82, 2.24) is 15.3 Å². The first-order valence-corrected chi connectivity index (χ1v) is 7.69. The topological polar surface area (TPSA) is 47.0 Å². The molecule has 0 aliphatic rings. The maximum atomic E-state index is 5.72. The van der Waals surface area contributed by atoms with Gasteiger partial charge in [-0.25, -0.2) is 4.98 Å². The van der Waals surface area contributed by atoms with Gasteiger partial charge < -0.3 is 10.1 Å². The molecule has 1 N–H and O–H groups in total. The van der Waals surface area contributed by atoms with Crippen molar-refractivity contribution in [2.24, 2.45) is 0 Å². The van der Waals surface area contributed by atoms with E-state index in [1.54, 1.807) is 17.5 Å². The Labute approximate surface area is 124 Å². The Kier molecular flexibility index (Phi) is 5.09. The zero-order chi connectivity index (χ0) is 14.5. The lowest BCUT2D eigenvalue weighted by Gasteiger charge is -2.17. The summed E-state index contributed by atoms with van der Waals surface area (Å²) < 4.78 is 5.72. The van der Waals surface area contributed by atoms with Crippen LogP contribution in [0.1, 0.15) is 42.3 Å². The van der Waals surface area contributed by atoms with Crippen LogP contribution in [0.15, 0.2) is 24.7 Å². The lowest BCUT2D eigenvalue weighted by molar-refractivity contribution is 0.241. The molecule has 108 valence electrons. The Bertz CT molecular complexity index is 554. The molecule has 0 saturated carbocycles. The number of nitrogens with zero attached hydrogens (tertiary/aromatic N) is 2. The van der Waals surface area contributed by atoms with Crippen LogP contribution in [0, 0.1) is 6.92 Å². The summed E-state index contributed by atoms with van der Waals surface area (Å²) in [4.78, 5) is 9.84. The highest BCUT2D eigenvalue weighted by Crippen LogP contribution is 2.28. The maximum Gasteiger partial charge on any atom is 0.138 e. The molecule has 5 heteroatoms. The normalized spacial score (nSPS) is 12.7. The summed E-state index contributed by atoms with van der Waals surface area (Å²) >= 11 is 1.71. The molecule has 0 amide bonds. The number of thiazole rings is 1. The minimum Gasteiger partial charge on any atom is -0.489 e. The average molecular weight is 291 g/mol. The van der Waals surface area contributed by atoms with Crippen molar-refractivity contribution in [3.05, 3.63) is 40.1 Å². The van der Waals surface area contributed by atoms with Crippen molar-refractivity contribution in [1.29, 1.82) is 0 Å². The van der Waals surface area contributed by atoms with Crippen LogP contribution in [0.3, 0.4) is 0 Å². The average Bonchev–Trinajstić information content (AvgIpc) is 2.82. The molecule has 0 aliphatic carbocycles. The van der Waals surface area contributed by atoms with Crippen LogP contribution in [0.5, 0.6) is 5.75 Å². The van der Waals surface area contributed by atoms with Crippen LogP contribution in [0.25, 0.3) is 0 Å². The molecule has 2 aromatic heterocycles. The first-order chi connectivity index (χ1) is 9.60. The summed E-state index contributed by atoms with van der Waals surface area (Å²) in [5, 5.41) is 4.56. The van der Waals surface area contributed by atoms with E-state index in [1.165, 1.54) is 4.88 Å². The largest absolute Gasteiger partial charge is 0.489 e. The van der Waals surface area contributed by atoms with Crippen molar-refractivity contribution in [2.75, 3.05) is 6.54 Å². The zero-order valence-electron chi connectivity index (χ0n) is 12.4. The second-order valence-corrected chi connectivity index (χ2v) is 6.16. The minimum absolute atomic E-state index is 0.120. The lowest BCUT2D eigenvalue weighted by Crippen LogP contribution is -2.21. The predicted molar refractivity (Wildman–Crippen MR) is 82.4 cm³/mol. The highest BCUT2D eigenvalue weighted by Gasteiger charge is 2.16. The van der Waals surface area contributed by atoms with E-state index in [4.69, 9.17) is 4.74 Å². The number of aromatic nitrogens is 2. The summed E-state index contributed by atoms with van der Waals surface area (Å²) in [5.41, 5.74) is 1.11. The van der Waals surface area contributed by atoms with Gasteiger partial charge in [0.25, 0.3) is 0 Å². The van der Waals surface area contributed by atoms with Crippen LogP contribution < -0.4 is 10.1 Å². The van der Waals surface area contributed by atoms with Gasteiger partial charge in [0.2, 0.25) is 0 Å². The van der Waals surface area contributed by atoms with E-state index in [-0.39, 0.29) is 12.1 Å². The Hall–Kier alpha value is -1.46. The van der Waals surface area contributed by atoms with Crippen molar-refractivity contribution in [2.45, 2.75) is 39.8 Å². The Morgan fingerprint density at radius 1 is 1.30 bits per heavy atom. The molecule has 0 saturated heterocycles. The third-order valence-corrected chi connectivity index (χ3v) is 3.75. The molecular weight excluding hydrogens is 270 g/mol. The smallest absolute Gasteiger partial charge is 0.138 e. The lowest BCUT2D eigenvalue weighted by atomic mass is 10.1. The number of hydrogen-bond donors (Lipinski definition) is 1. The number of aryl methyl sites for hydroxylation is 1.